The highest BCUT2D eigenvalue weighted by Gasteiger charge is 2.22. The van der Waals surface area contributed by atoms with Crippen LogP contribution in [0.5, 0.6) is 0 Å². The van der Waals surface area contributed by atoms with Crippen LogP contribution in [0.2, 0.25) is 0 Å². The first kappa shape index (κ1) is 20.3. The molecule has 0 radical (unpaired) electrons. The molecule has 152 valence electrons. The molecule has 5 nitrogen and oxygen atoms in total. The summed E-state index contributed by atoms with van der Waals surface area (Å²) in [4.78, 5) is 32.5. The fourth-order valence-electron chi connectivity index (χ4n) is 3.56. The second-order valence-electron chi connectivity index (χ2n) is 6.95. The highest BCUT2D eigenvalue weighted by Crippen LogP contribution is 2.34. The summed E-state index contributed by atoms with van der Waals surface area (Å²) >= 11 is 2.84. The maximum absolute atomic E-state index is 13.3. The summed E-state index contributed by atoms with van der Waals surface area (Å²) in [6.45, 7) is 0.773. The molecule has 0 aliphatic heterocycles. The number of aromatic nitrogens is 2. The Morgan fingerprint density at radius 2 is 2.03 bits per heavy atom. The van der Waals surface area contributed by atoms with E-state index >= 15 is 0 Å². The van der Waals surface area contributed by atoms with E-state index in [4.69, 9.17) is 9.72 Å². The van der Waals surface area contributed by atoms with Crippen molar-refractivity contribution in [2.24, 2.45) is 0 Å². The number of carbonyl (C=O) groups is 1. The van der Waals surface area contributed by atoms with Crippen molar-refractivity contribution in [3.63, 3.8) is 0 Å². The molecule has 0 atom stereocenters. The number of nitrogens with zero attached hydrogens (tertiary/aromatic N) is 2. The summed E-state index contributed by atoms with van der Waals surface area (Å²) in [5.74, 6) is -0.383. The van der Waals surface area contributed by atoms with Crippen molar-refractivity contribution in [1.82, 2.24) is 9.55 Å². The van der Waals surface area contributed by atoms with Crippen LogP contribution in [0.3, 0.4) is 0 Å². The maximum Gasteiger partial charge on any atom is 0.263 e. The fourth-order valence-corrected chi connectivity index (χ4v) is 5.78. The van der Waals surface area contributed by atoms with Crippen LogP contribution in [0.1, 0.15) is 33.6 Å². The first-order chi connectivity index (χ1) is 14.1. The lowest BCUT2D eigenvalue weighted by atomic mass is 9.97. The molecule has 2 heterocycles. The minimum atomic E-state index is -0.378. The van der Waals surface area contributed by atoms with Gasteiger partial charge < -0.3 is 4.74 Å². The minimum absolute atomic E-state index is 0.0526. The van der Waals surface area contributed by atoms with Gasteiger partial charge in [-0.3, -0.25) is 14.2 Å². The summed E-state index contributed by atoms with van der Waals surface area (Å²) in [6, 6.07) is 5.49. The van der Waals surface area contributed by atoms with Crippen molar-refractivity contribution in [1.29, 1.82) is 0 Å². The second-order valence-corrected chi connectivity index (χ2v) is 8.98. The van der Waals surface area contributed by atoms with Crippen LogP contribution in [0.25, 0.3) is 10.2 Å². The van der Waals surface area contributed by atoms with Gasteiger partial charge in [0.1, 0.15) is 10.6 Å². The molecule has 0 saturated heterocycles. The summed E-state index contributed by atoms with van der Waals surface area (Å²) < 4.78 is 19.9. The number of rotatable bonds is 7. The lowest BCUT2D eigenvalue weighted by Crippen LogP contribution is -2.26. The molecule has 0 saturated carbocycles. The molecule has 3 aromatic rings. The van der Waals surface area contributed by atoms with Gasteiger partial charge in [0.25, 0.3) is 5.56 Å². The zero-order valence-electron chi connectivity index (χ0n) is 16.1. The normalized spacial score (nSPS) is 13.6. The van der Waals surface area contributed by atoms with Crippen molar-refractivity contribution in [3.8, 4) is 0 Å². The van der Waals surface area contributed by atoms with E-state index < -0.39 is 0 Å². The predicted octanol–water partition coefficient (Wildman–Crippen LogP) is 4.10. The first-order valence-corrected chi connectivity index (χ1v) is 11.3. The van der Waals surface area contributed by atoms with E-state index in [1.807, 2.05) is 0 Å². The lowest BCUT2D eigenvalue weighted by molar-refractivity contribution is 0.102. The Morgan fingerprint density at radius 3 is 2.79 bits per heavy atom. The molecule has 1 aromatic carbocycles. The number of Topliss-reactive ketones (excluding diaryl/α,β-unsaturated/α-hetero) is 1. The Labute approximate surface area is 175 Å². The molecule has 8 heteroatoms. The van der Waals surface area contributed by atoms with Crippen LogP contribution < -0.4 is 5.56 Å². The number of carbonyl (C=O) groups excluding carboxylic acids is 1. The van der Waals surface area contributed by atoms with Crippen molar-refractivity contribution in [3.05, 3.63) is 56.4 Å². The minimum Gasteiger partial charge on any atom is -0.383 e. The van der Waals surface area contributed by atoms with E-state index in [-0.39, 0.29) is 22.9 Å². The largest absolute Gasteiger partial charge is 0.383 e. The number of aryl methyl sites for hydroxylation is 2. The van der Waals surface area contributed by atoms with Crippen LogP contribution in [0.15, 0.2) is 34.2 Å². The average Bonchev–Trinajstić information content (AvgIpc) is 3.10. The molecule has 0 N–H and O–H groups in total. The third-order valence-corrected chi connectivity index (χ3v) is 7.22. The summed E-state index contributed by atoms with van der Waals surface area (Å²) in [5.41, 5.74) is 1.54. The Kier molecular flexibility index (Phi) is 6.12. The highest BCUT2D eigenvalue weighted by molar-refractivity contribution is 7.99. The van der Waals surface area contributed by atoms with Gasteiger partial charge in [0.15, 0.2) is 10.9 Å². The number of hydrogen-bond donors (Lipinski definition) is 0. The molecule has 0 spiro atoms. The summed E-state index contributed by atoms with van der Waals surface area (Å²) in [6.07, 6.45) is 4.16. The number of thiophene rings is 1. The van der Waals surface area contributed by atoms with Crippen LogP contribution in [0.4, 0.5) is 4.39 Å². The van der Waals surface area contributed by atoms with E-state index in [9.17, 15) is 14.0 Å². The van der Waals surface area contributed by atoms with Crippen molar-refractivity contribution in [2.45, 2.75) is 37.4 Å². The summed E-state index contributed by atoms with van der Waals surface area (Å²) in [5, 5.41) is 1.25. The molecule has 1 aliphatic rings. The number of halogens is 1. The van der Waals surface area contributed by atoms with Gasteiger partial charge in [0.2, 0.25) is 0 Å². The molecular weight excluding hydrogens is 411 g/mol. The molecule has 2 aromatic heterocycles. The third kappa shape index (κ3) is 4.15. The zero-order valence-corrected chi connectivity index (χ0v) is 17.7. The van der Waals surface area contributed by atoms with Crippen molar-refractivity contribution < 1.29 is 13.9 Å². The van der Waals surface area contributed by atoms with E-state index in [0.29, 0.717) is 23.9 Å². The van der Waals surface area contributed by atoms with Crippen LogP contribution >= 0.6 is 23.1 Å². The molecule has 0 bridgehead atoms. The quantitative estimate of drug-likeness (QED) is 0.320. The molecular formula is C21H21FN2O3S2. The highest BCUT2D eigenvalue weighted by atomic mass is 32.2. The van der Waals surface area contributed by atoms with Gasteiger partial charge in [-0.2, -0.15) is 0 Å². The van der Waals surface area contributed by atoms with Gasteiger partial charge in [-0.1, -0.05) is 11.8 Å². The van der Waals surface area contributed by atoms with Crippen molar-refractivity contribution >= 4 is 39.1 Å². The Balaban J connectivity index is 1.67. The average molecular weight is 433 g/mol. The van der Waals surface area contributed by atoms with Gasteiger partial charge in [0, 0.05) is 17.6 Å². The van der Waals surface area contributed by atoms with Gasteiger partial charge >= 0.3 is 0 Å². The Morgan fingerprint density at radius 1 is 1.28 bits per heavy atom. The number of thioether (sulfide) groups is 1. The lowest BCUT2D eigenvalue weighted by Gasteiger charge is -2.13. The van der Waals surface area contributed by atoms with Crippen LogP contribution in [-0.2, 0) is 24.1 Å². The van der Waals surface area contributed by atoms with Crippen molar-refractivity contribution in [2.75, 3.05) is 19.5 Å². The maximum atomic E-state index is 13.3. The Hall–Kier alpha value is -2.03. The predicted molar refractivity (Wildman–Crippen MR) is 114 cm³/mol. The molecule has 0 fully saturated rings. The van der Waals surface area contributed by atoms with Gasteiger partial charge in [-0.25, -0.2) is 9.37 Å². The van der Waals surface area contributed by atoms with E-state index in [1.54, 1.807) is 23.0 Å². The SMILES string of the molecule is COCCn1c(SCC(=O)c2ccc(F)cc2)nc2sc3c(c2c1=O)CCCC3. The van der Waals surface area contributed by atoms with Crippen LogP contribution in [0, 0.1) is 5.82 Å². The topological polar surface area (TPSA) is 61.2 Å². The fraction of sp³-hybridized carbons (Fsp3) is 0.381. The number of methoxy groups -OCH3 is 1. The molecule has 0 unspecified atom stereocenters. The van der Waals surface area contributed by atoms with Crippen LogP contribution in [-0.4, -0.2) is 34.8 Å². The number of hydrogen-bond acceptors (Lipinski definition) is 6. The molecule has 0 amide bonds. The first-order valence-electron chi connectivity index (χ1n) is 9.54. The monoisotopic (exact) mass is 432 g/mol. The standard InChI is InChI=1S/C21H21FN2O3S2/c1-27-11-10-24-20(26)18-15-4-2-3-5-17(15)29-19(18)23-21(24)28-12-16(25)13-6-8-14(22)9-7-13/h6-9H,2-5,10-12H2,1H3. The zero-order chi connectivity index (χ0) is 20.4. The number of benzene rings is 1. The number of ether oxygens (including phenoxy) is 1. The number of ketones is 1. The van der Waals surface area contributed by atoms with Gasteiger partial charge in [-0.05, 0) is 55.5 Å². The molecule has 29 heavy (non-hydrogen) atoms. The molecule has 1 aliphatic carbocycles. The van der Waals surface area contributed by atoms with E-state index in [2.05, 4.69) is 0 Å². The van der Waals surface area contributed by atoms with Gasteiger partial charge in [-0.15, -0.1) is 11.3 Å². The van der Waals surface area contributed by atoms with Gasteiger partial charge in [0.05, 0.1) is 24.3 Å². The third-order valence-electron chi connectivity index (χ3n) is 5.06. The molecule has 4 rings (SSSR count). The Bertz CT molecular complexity index is 1110. The van der Waals surface area contributed by atoms with E-state index in [1.165, 1.54) is 40.9 Å². The number of fused-ring (bicyclic) bond motifs is 3. The second kappa shape index (κ2) is 8.77. The summed E-state index contributed by atoms with van der Waals surface area (Å²) in [7, 11) is 1.59. The smallest absolute Gasteiger partial charge is 0.263 e. The van der Waals surface area contributed by atoms with E-state index in [0.717, 1.165) is 41.5 Å².